The maximum atomic E-state index is 12.6. The summed E-state index contributed by atoms with van der Waals surface area (Å²) in [6, 6.07) is 7.64. The van der Waals surface area contributed by atoms with E-state index in [0.717, 1.165) is 29.0 Å². The van der Waals surface area contributed by atoms with E-state index in [9.17, 15) is 4.79 Å². The standard InChI is InChI=1S/C18H24N6O/c1-12(2)10-17-21-15-6-4-5-7-16(15)24(17)13(3)18(25)19-9-8-14-11-20-23-22-14/h4-7,11-13H,8-10H2,1-3H3,(H,19,25)(H,20,22,23). The second-order valence-electron chi connectivity index (χ2n) is 6.66. The van der Waals surface area contributed by atoms with Crippen LogP contribution in [0, 0.1) is 5.92 Å². The topological polar surface area (TPSA) is 88.5 Å². The number of H-pyrrole nitrogens is 1. The van der Waals surface area contributed by atoms with Gasteiger partial charge in [0.05, 0.1) is 22.9 Å². The lowest BCUT2D eigenvalue weighted by Crippen LogP contribution is -2.33. The Morgan fingerprint density at radius 2 is 2.08 bits per heavy atom. The van der Waals surface area contributed by atoms with Crippen molar-refractivity contribution in [3.63, 3.8) is 0 Å². The van der Waals surface area contributed by atoms with Crippen LogP contribution in [-0.4, -0.2) is 37.4 Å². The maximum absolute atomic E-state index is 12.6. The van der Waals surface area contributed by atoms with Crippen molar-refractivity contribution in [1.82, 2.24) is 30.3 Å². The largest absolute Gasteiger partial charge is 0.354 e. The van der Waals surface area contributed by atoms with Gasteiger partial charge in [0.25, 0.3) is 0 Å². The van der Waals surface area contributed by atoms with Gasteiger partial charge in [0.15, 0.2) is 0 Å². The number of aromatic amines is 1. The van der Waals surface area contributed by atoms with Crippen LogP contribution in [0.2, 0.25) is 0 Å². The lowest BCUT2D eigenvalue weighted by molar-refractivity contribution is -0.123. The van der Waals surface area contributed by atoms with Crippen LogP contribution in [0.15, 0.2) is 30.5 Å². The first-order valence-corrected chi connectivity index (χ1v) is 8.64. The Morgan fingerprint density at radius 3 is 2.80 bits per heavy atom. The van der Waals surface area contributed by atoms with E-state index in [4.69, 9.17) is 4.98 Å². The summed E-state index contributed by atoms with van der Waals surface area (Å²) < 4.78 is 2.06. The van der Waals surface area contributed by atoms with Crippen LogP contribution < -0.4 is 5.32 Å². The molecular formula is C18H24N6O. The second-order valence-corrected chi connectivity index (χ2v) is 6.66. The minimum absolute atomic E-state index is 0.0170. The lowest BCUT2D eigenvalue weighted by Gasteiger charge is -2.18. The Hall–Kier alpha value is -2.70. The molecule has 0 fully saturated rings. The minimum Gasteiger partial charge on any atom is -0.354 e. The molecule has 0 aliphatic carbocycles. The van der Waals surface area contributed by atoms with Gasteiger partial charge in [-0.2, -0.15) is 15.4 Å². The number of nitrogens with one attached hydrogen (secondary N) is 2. The fraction of sp³-hybridized carbons (Fsp3) is 0.444. The highest BCUT2D eigenvalue weighted by Gasteiger charge is 2.21. The van der Waals surface area contributed by atoms with Gasteiger partial charge in [-0.15, -0.1) is 0 Å². The molecule has 7 nitrogen and oxygen atoms in total. The molecule has 1 unspecified atom stereocenters. The fourth-order valence-electron chi connectivity index (χ4n) is 2.96. The summed E-state index contributed by atoms with van der Waals surface area (Å²) in [5.74, 6) is 1.41. The zero-order chi connectivity index (χ0) is 17.8. The minimum atomic E-state index is -0.321. The number of benzene rings is 1. The SMILES string of the molecule is CC(C)Cc1nc2ccccc2n1C(C)C(=O)NCCc1cn[nH]n1. The zero-order valence-corrected chi connectivity index (χ0v) is 14.9. The van der Waals surface area contributed by atoms with E-state index in [0.29, 0.717) is 18.9 Å². The van der Waals surface area contributed by atoms with E-state index in [1.54, 1.807) is 6.20 Å². The smallest absolute Gasteiger partial charge is 0.242 e. The van der Waals surface area contributed by atoms with Crippen LogP contribution in [0.3, 0.4) is 0 Å². The molecule has 0 bridgehead atoms. The highest BCUT2D eigenvalue weighted by molar-refractivity contribution is 5.84. The molecule has 2 aromatic heterocycles. The van der Waals surface area contributed by atoms with Crippen molar-refractivity contribution < 1.29 is 4.79 Å². The van der Waals surface area contributed by atoms with Crippen molar-refractivity contribution in [3.05, 3.63) is 42.0 Å². The first kappa shape index (κ1) is 17.1. The molecule has 2 N–H and O–H groups in total. The number of rotatable bonds is 7. The summed E-state index contributed by atoms with van der Waals surface area (Å²) in [6.45, 7) is 6.77. The van der Waals surface area contributed by atoms with Gasteiger partial charge in [0.1, 0.15) is 11.9 Å². The summed E-state index contributed by atoms with van der Waals surface area (Å²) in [4.78, 5) is 17.4. The van der Waals surface area contributed by atoms with Crippen LogP contribution >= 0.6 is 0 Å². The Balaban J connectivity index is 1.77. The Morgan fingerprint density at radius 1 is 1.28 bits per heavy atom. The molecule has 3 rings (SSSR count). The summed E-state index contributed by atoms with van der Waals surface area (Å²) in [6.07, 6.45) is 3.16. The van der Waals surface area contributed by atoms with Crippen LogP contribution in [0.1, 0.15) is 38.3 Å². The zero-order valence-electron chi connectivity index (χ0n) is 14.9. The van der Waals surface area contributed by atoms with Crippen molar-refractivity contribution in [2.75, 3.05) is 6.54 Å². The predicted molar refractivity (Wildman–Crippen MR) is 96.1 cm³/mol. The van der Waals surface area contributed by atoms with E-state index in [1.807, 2.05) is 31.2 Å². The first-order valence-electron chi connectivity index (χ1n) is 8.64. The van der Waals surface area contributed by atoms with Crippen molar-refractivity contribution >= 4 is 16.9 Å². The normalized spacial score (nSPS) is 12.6. The number of para-hydroxylation sites is 2. The summed E-state index contributed by atoms with van der Waals surface area (Å²) in [5.41, 5.74) is 2.76. The van der Waals surface area contributed by atoms with Crippen LogP contribution in [-0.2, 0) is 17.6 Å². The number of nitrogens with zero attached hydrogens (tertiary/aromatic N) is 4. The lowest BCUT2D eigenvalue weighted by atomic mass is 10.1. The van der Waals surface area contributed by atoms with Gasteiger partial charge < -0.3 is 9.88 Å². The molecule has 0 saturated heterocycles. The van der Waals surface area contributed by atoms with E-state index >= 15 is 0 Å². The molecule has 0 saturated carbocycles. The first-order chi connectivity index (χ1) is 12.1. The molecule has 0 aliphatic heterocycles. The molecule has 2 heterocycles. The molecule has 1 atom stereocenters. The quantitative estimate of drug-likeness (QED) is 0.690. The van der Waals surface area contributed by atoms with Gasteiger partial charge in [-0.3, -0.25) is 4.79 Å². The van der Waals surface area contributed by atoms with Gasteiger partial charge in [-0.05, 0) is 25.0 Å². The summed E-state index contributed by atoms with van der Waals surface area (Å²) in [7, 11) is 0. The van der Waals surface area contributed by atoms with E-state index < -0.39 is 0 Å². The van der Waals surface area contributed by atoms with Gasteiger partial charge in [0.2, 0.25) is 5.91 Å². The Bertz CT molecular complexity index is 837. The number of carbonyl (C=O) groups is 1. The number of fused-ring (bicyclic) bond motifs is 1. The van der Waals surface area contributed by atoms with Gasteiger partial charge in [-0.25, -0.2) is 4.98 Å². The average molecular weight is 340 g/mol. The van der Waals surface area contributed by atoms with Crippen molar-refractivity contribution in [2.45, 2.75) is 39.7 Å². The van der Waals surface area contributed by atoms with Crippen molar-refractivity contribution in [2.24, 2.45) is 5.92 Å². The third-order valence-electron chi connectivity index (χ3n) is 4.17. The van der Waals surface area contributed by atoms with Crippen LogP contribution in [0.5, 0.6) is 0 Å². The molecule has 0 aliphatic rings. The van der Waals surface area contributed by atoms with Crippen molar-refractivity contribution in [1.29, 1.82) is 0 Å². The third-order valence-corrected chi connectivity index (χ3v) is 4.17. The third kappa shape index (κ3) is 3.87. The van der Waals surface area contributed by atoms with Gasteiger partial charge in [-0.1, -0.05) is 26.0 Å². The van der Waals surface area contributed by atoms with E-state index in [-0.39, 0.29) is 11.9 Å². The van der Waals surface area contributed by atoms with Crippen molar-refractivity contribution in [3.8, 4) is 0 Å². The molecule has 0 radical (unpaired) electrons. The molecule has 1 aromatic carbocycles. The molecule has 25 heavy (non-hydrogen) atoms. The highest BCUT2D eigenvalue weighted by atomic mass is 16.2. The van der Waals surface area contributed by atoms with Crippen LogP contribution in [0.4, 0.5) is 0 Å². The Kier molecular flexibility index (Phi) is 5.11. The number of carbonyl (C=O) groups excluding carboxylic acids is 1. The molecule has 1 amide bonds. The van der Waals surface area contributed by atoms with Gasteiger partial charge >= 0.3 is 0 Å². The average Bonchev–Trinajstić information content (AvgIpc) is 3.20. The van der Waals surface area contributed by atoms with E-state index in [1.165, 1.54) is 0 Å². The van der Waals surface area contributed by atoms with E-state index in [2.05, 4.69) is 39.1 Å². The molecular weight excluding hydrogens is 316 g/mol. The second kappa shape index (κ2) is 7.46. The monoisotopic (exact) mass is 340 g/mol. The number of amides is 1. The maximum Gasteiger partial charge on any atom is 0.242 e. The number of hydrogen-bond donors (Lipinski definition) is 2. The number of hydrogen-bond acceptors (Lipinski definition) is 4. The summed E-state index contributed by atoms with van der Waals surface area (Å²) >= 11 is 0. The molecule has 132 valence electrons. The number of imidazole rings is 1. The number of aromatic nitrogens is 5. The van der Waals surface area contributed by atoms with Gasteiger partial charge in [0, 0.05) is 19.4 Å². The highest BCUT2D eigenvalue weighted by Crippen LogP contribution is 2.23. The van der Waals surface area contributed by atoms with Crippen LogP contribution in [0.25, 0.3) is 11.0 Å². The molecule has 7 heteroatoms. The molecule has 3 aromatic rings. The molecule has 0 spiro atoms. The fourth-order valence-corrected chi connectivity index (χ4v) is 2.96. The predicted octanol–water partition coefficient (Wildman–Crippen LogP) is 2.27. The Labute approximate surface area is 146 Å². The summed E-state index contributed by atoms with van der Waals surface area (Å²) in [5, 5.41) is 13.3.